The second-order valence-electron chi connectivity index (χ2n) is 6.43. The first-order valence-electron chi connectivity index (χ1n) is 9.29. The van der Waals surface area contributed by atoms with Crippen molar-refractivity contribution in [3.05, 3.63) is 59.9 Å². The average molecular weight is 388 g/mol. The Kier molecular flexibility index (Phi) is 8.42. The van der Waals surface area contributed by atoms with Gasteiger partial charge in [0.05, 0.1) is 19.3 Å². The SMILES string of the molecule is CC[NH+](CC(=O)NCCc1ccc(F)cc1)CC(=O)Nc1ccccc1OC. The van der Waals surface area contributed by atoms with Gasteiger partial charge in [-0.2, -0.15) is 0 Å². The highest BCUT2D eigenvalue weighted by molar-refractivity contribution is 5.93. The Morgan fingerprint density at radius 1 is 1.04 bits per heavy atom. The molecule has 0 bridgehead atoms. The third-order valence-corrected chi connectivity index (χ3v) is 4.35. The summed E-state index contributed by atoms with van der Waals surface area (Å²) >= 11 is 0. The van der Waals surface area contributed by atoms with Crippen molar-refractivity contribution in [2.75, 3.05) is 38.6 Å². The minimum atomic E-state index is -0.277. The topological polar surface area (TPSA) is 71.9 Å². The molecule has 0 aliphatic carbocycles. The molecule has 2 aromatic rings. The zero-order chi connectivity index (χ0) is 20.4. The fourth-order valence-corrected chi connectivity index (χ4v) is 2.77. The Labute approximate surface area is 164 Å². The number of hydrogen-bond donors (Lipinski definition) is 3. The molecule has 2 aromatic carbocycles. The molecule has 150 valence electrons. The van der Waals surface area contributed by atoms with Crippen LogP contribution < -0.4 is 20.3 Å². The minimum Gasteiger partial charge on any atom is -0.495 e. The number of halogens is 1. The van der Waals surface area contributed by atoms with Crippen LogP contribution in [0.25, 0.3) is 0 Å². The van der Waals surface area contributed by atoms with Gasteiger partial charge >= 0.3 is 0 Å². The van der Waals surface area contributed by atoms with Gasteiger partial charge < -0.3 is 20.3 Å². The molecule has 0 heterocycles. The quantitative estimate of drug-likeness (QED) is 0.570. The molecule has 0 aliphatic rings. The lowest BCUT2D eigenvalue weighted by Crippen LogP contribution is -3.14. The Morgan fingerprint density at radius 3 is 2.39 bits per heavy atom. The van der Waals surface area contributed by atoms with Crippen LogP contribution in [-0.4, -0.2) is 45.1 Å². The Hall–Kier alpha value is -2.93. The summed E-state index contributed by atoms with van der Waals surface area (Å²) < 4.78 is 18.1. The van der Waals surface area contributed by atoms with Gasteiger partial charge in [-0.05, 0) is 43.2 Å². The number of quaternary nitrogens is 1. The summed E-state index contributed by atoms with van der Waals surface area (Å²) in [6, 6.07) is 13.4. The first kappa shape index (κ1) is 21.4. The molecule has 0 fully saturated rings. The highest BCUT2D eigenvalue weighted by Crippen LogP contribution is 2.22. The molecule has 0 radical (unpaired) electrons. The zero-order valence-electron chi connectivity index (χ0n) is 16.3. The number of hydrogen-bond acceptors (Lipinski definition) is 3. The number of benzene rings is 2. The number of ether oxygens (including phenoxy) is 1. The number of likely N-dealkylation sites (N-methyl/N-ethyl adjacent to an activating group) is 1. The third kappa shape index (κ3) is 7.00. The number of carbonyl (C=O) groups excluding carboxylic acids is 2. The minimum absolute atomic E-state index is 0.121. The molecule has 3 N–H and O–H groups in total. The lowest BCUT2D eigenvalue weighted by atomic mass is 10.1. The van der Waals surface area contributed by atoms with Crippen LogP contribution in [0.2, 0.25) is 0 Å². The van der Waals surface area contributed by atoms with Crippen molar-refractivity contribution >= 4 is 17.5 Å². The second kappa shape index (κ2) is 11.0. The van der Waals surface area contributed by atoms with Gasteiger partial charge in [0, 0.05) is 6.54 Å². The number of amides is 2. The molecule has 1 atom stereocenters. The van der Waals surface area contributed by atoms with Crippen molar-refractivity contribution in [1.29, 1.82) is 0 Å². The maximum absolute atomic E-state index is 12.9. The van der Waals surface area contributed by atoms with E-state index >= 15 is 0 Å². The van der Waals surface area contributed by atoms with E-state index in [0.29, 0.717) is 30.9 Å². The number of anilines is 1. The van der Waals surface area contributed by atoms with Gasteiger partial charge in [-0.1, -0.05) is 24.3 Å². The van der Waals surface area contributed by atoms with Crippen LogP contribution in [0.4, 0.5) is 10.1 Å². The summed E-state index contributed by atoms with van der Waals surface area (Å²) in [5.74, 6) is 0.0123. The first-order chi connectivity index (χ1) is 13.5. The van der Waals surface area contributed by atoms with Crippen molar-refractivity contribution in [3.8, 4) is 5.75 Å². The van der Waals surface area contributed by atoms with E-state index in [1.807, 2.05) is 19.1 Å². The zero-order valence-corrected chi connectivity index (χ0v) is 16.3. The van der Waals surface area contributed by atoms with Gasteiger partial charge in [-0.15, -0.1) is 0 Å². The Morgan fingerprint density at radius 2 is 1.71 bits per heavy atom. The van der Waals surface area contributed by atoms with Crippen LogP contribution in [0, 0.1) is 5.82 Å². The van der Waals surface area contributed by atoms with E-state index in [2.05, 4.69) is 10.6 Å². The van der Waals surface area contributed by atoms with E-state index in [9.17, 15) is 14.0 Å². The predicted molar refractivity (Wildman–Crippen MR) is 106 cm³/mol. The van der Waals surface area contributed by atoms with Gasteiger partial charge in [0.25, 0.3) is 11.8 Å². The molecule has 0 spiro atoms. The van der Waals surface area contributed by atoms with E-state index in [-0.39, 0.29) is 30.7 Å². The molecule has 0 saturated carbocycles. The number of para-hydroxylation sites is 2. The lowest BCUT2D eigenvalue weighted by molar-refractivity contribution is -0.881. The molecule has 1 unspecified atom stereocenters. The van der Waals surface area contributed by atoms with E-state index in [1.165, 1.54) is 12.1 Å². The van der Waals surface area contributed by atoms with Crippen LogP contribution in [-0.2, 0) is 16.0 Å². The molecule has 0 saturated heterocycles. The van der Waals surface area contributed by atoms with Crippen LogP contribution in [0.15, 0.2) is 48.5 Å². The van der Waals surface area contributed by atoms with Crippen LogP contribution >= 0.6 is 0 Å². The number of carbonyl (C=O) groups is 2. The monoisotopic (exact) mass is 388 g/mol. The largest absolute Gasteiger partial charge is 0.495 e. The molecule has 6 nitrogen and oxygen atoms in total. The van der Waals surface area contributed by atoms with Crippen LogP contribution in [0.3, 0.4) is 0 Å². The van der Waals surface area contributed by atoms with E-state index in [4.69, 9.17) is 4.74 Å². The normalized spacial score (nSPS) is 11.5. The summed E-state index contributed by atoms with van der Waals surface area (Å²) in [4.78, 5) is 25.3. The van der Waals surface area contributed by atoms with Crippen molar-refractivity contribution in [2.24, 2.45) is 0 Å². The third-order valence-electron chi connectivity index (χ3n) is 4.35. The molecule has 7 heteroatoms. The highest BCUT2D eigenvalue weighted by atomic mass is 19.1. The summed E-state index contributed by atoms with van der Waals surface area (Å²) in [6.07, 6.45) is 0.627. The summed E-state index contributed by atoms with van der Waals surface area (Å²) in [5.41, 5.74) is 1.56. The lowest BCUT2D eigenvalue weighted by Gasteiger charge is -2.17. The van der Waals surface area contributed by atoms with Crippen LogP contribution in [0.1, 0.15) is 12.5 Å². The van der Waals surface area contributed by atoms with Crippen molar-refractivity contribution < 1.29 is 23.6 Å². The molecule has 28 heavy (non-hydrogen) atoms. The number of nitrogens with one attached hydrogen (secondary N) is 3. The number of methoxy groups -OCH3 is 1. The molecule has 2 rings (SSSR count). The first-order valence-corrected chi connectivity index (χ1v) is 9.29. The van der Waals surface area contributed by atoms with Crippen LogP contribution in [0.5, 0.6) is 5.75 Å². The van der Waals surface area contributed by atoms with Crippen molar-refractivity contribution in [2.45, 2.75) is 13.3 Å². The van der Waals surface area contributed by atoms with E-state index in [0.717, 1.165) is 10.5 Å². The predicted octanol–water partition coefficient (Wildman–Crippen LogP) is 1.04. The maximum Gasteiger partial charge on any atom is 0.279 e. The van der Waals surface area contributed by atoms with Gasteiger partial charge in [-0.3, -0.25) is 9.59 Å². The fraction of sp³-hybridized carbons (Fsp3) is 0.333. The molecule has 0 aromatic heterocycles. The molecule has 0 aliphatic heterocycles. The van der Waals surface area contributed by atoms with Gasteiger partial charge in [0.1, 0.15) is 11.6 Å². The van der Waals surface area contributed by atoms with E-state index < -0.39 is 0 Å². The summed E-state index contributed by atoms with van der Waals surface area (Å²) in [7, 11) is 1.55. The number of rotatable bonds is 10. The van der Waals surface area contributed by atoms with Gasteiger partial charge in [0.2, 0.25) is 0 Å². The smallest absolute Gasteiger partial charge is 0.279 e. The van der Waals surface area contributed by atoms with Gasteiger partial charge in [0.15, 0.2) is 13.1 Å². The molecular weight excluding hydrogens is 361 g/mol. The summed E-state index contributed by atoms with van der Waals surface area (Å²) in [6.45, 7) is 3.43. The highest BCUT2D eigenvalue weighted by Gasteiger charge is 2.17. The average Bonchev–Trinajstić information content (AvgIpc) is 2.69. The standard InChI is InChI=1S/C21H26FN3O3/c1-3-25(15-21(27)24-18-6-4-5-7-19(18)28-2)14-20(26)23-13-12-16-8-10-17(22)11-9-16/h4-11H,3,12-15H2,1-2H3,(H,23,26)(H,24,27)/p+1. The fourth-order valence-electron chi connectivity index (χ4n) is 2.77. The summed E-state index contributed by atoms with van der Waals surface area (Å²) in [5, 5.41) is 5.67. The Bertz CT molecular complexity index is 781. The van der Waals surface area contributed by atoms with Crippen molar-refractivity contribution in [1.82, 2.24) is 5.32 Å². The van der Waals surface area contributed by atoms with E-state index in [1.54, 1.807) is 31.4 Å². The second-order valence-corrected chi connectivity index (χ2v) is 6.43. The maximum atomic E-state index is 12.9. The molecular formula is C21H27FN3O3+. The molecule has 2 amide bonds. The Balaban J connectivity index is 1.76. The van der Waals surface area contributed by atoms with Crippen molar-refractivity contribution in [3.63, 3.8) is 0 Å². The van der Waals surface area contributed by atoms with Gasteiger partial charge in [-0.25, -0.2) is 4.39 Å².